The Labute approximate surface area is 146 Å². The molecule has 25 heavy (non-hydrogen) atoms. The van der Waals surface area contributed by atoms with Crippen LogP contribution in [0.4, 0.5) is 15.3 Å². The average Bonchev–Trinajstić information content (AvgIpc) is 2.68. The molecule has 0 fully saturated rings. The quantitative estimate of drug-likeness (QED) is 0.830. The molecule has 0 heterocycles. The second-order valence-corrected chi connectivity index (χ2v) is 6.16. The lowest BCUT2D eigenvalue weighted by atomic mass is 10.2. The number of fused-ring (bicyclic) bond motifs is 1. The van der Waals surface area contributed by atoms with E-state index in [0.717, 1.165) is 0 Å². The van der Waals surface area contributed by atoms with Gasteiger partial charge in [-0.05, 0) is 27.7 Å². The Kier molecular flexibility index (Phi) is 5.36. The molecule has 2 aliphatic rings. The van der Waals surface area contributed by atoms with Gasteiger partial charge in [0.25, 0.3) is 0 Å². The molecule has 2 rings (SSSR count). The monoisotopic (exact) mass is 347 g/mol. The number of nitrogens with two attached hydrogens (primary N) is 1. The molecule has 0 bridgehead atoms. The largest absolute Gasteiger partial charge is 0.514 e. The van der Waals surface area contributed by atoms with E-state index >= 15 is 0 Å². The number of hydrogen-bond donors (Lipinski definition) is 1. The summed E-state index contributed by atoms with van der Waals surface area (Å²) in [5.74, 6) is 0.142. The summed E-state index contributed by atoms with van der Waals surface area (Å²) in [6.07, 6.45) is -1.79. The van der Waals surface area contributed by atoms with Crippen molar-refractivity contribution in [3.8, 4) is 22.6 Å². The van der Waals surface area contributed by atoms with E-state index in [2.05, 4.69) is 0 Å². The van der Waals surface area contributed by atoms with E-state index in [1.54, 1.807) is 58.0 Å². The molecule has 0 aliphatic heterocycles. The van der Waals surface area contributed by atoms with Crippen molar-refractivity contribution in [2.75, 3.05) is 12.3 Å². The van der Waals surface area contributed by atoms with Gasteiger partial charge in [-0.3, -0.25) is 0 Å². The van der Waals surface area contributed by atoms with E-state index in [1.165, 1.54) is 0 Å². The molecule has 0 saturated carbocycles. The number of carbonyl (C=O) groups is 2. The maximum atomic E-state index is 12.0. The first-order valence-electron chi connectivity index (χ1n) is 7.78. The average molecular weight is 347 g/mol. The van der Waals surface area contributed by atoms with Crippen LogP contribution in [-0.4, -0.2) is 24.5 Å². The molecule has 134 valence electrons. The Bertz CT molecular complexity index is 750. The van der Waals surface area contributed by atoms with Gasteiger partial charge in [-0.2, -0.15) is 0 Å². The van der Waals surface area contributed by atoms with E-state index in [0.29, 0.717) is 11.1 Å². The highest BCUT2D eigenvalue weighted by Crippen LogP contribution is 2.50. The van der Waals surface area contributed by atoms with Crippen LogP contribution in [0, 0.1) is 0 Å². The maximum absolute atomic E-state index is 12.0. The minimum atomic E-state index is -0.903. The first-order chi connectivity index (χ1) is 11.7. The van der Waals surface area contributed by atoms with E-state index in [4.69, 9.17) is 24.7 Å². The highest BCUT2D eigenvalue weighted by Gasteiger charge is 2.29. The lowest BCUT2D eigenvalue weighted by Crippen LogP contribution is -2.26. The zero-order chi connectivity index (χ0) is 18.6. The van der Waals surface area contributed by atoms with Crippen molar-refractivity contribution >= 4 is 18.0 Å². The fourth-order valence-corrected chi connectivity index (χ4v) is 2.14. The Balaban J connectivity index is 2.42. The summed E-state index contributed by atoms with van der Waals surface area (Å²) in [6, 6.07) is 8.67. The van der Waals surface area contributed by atoms with Crippen molar-refractivity contribution in [1.82, 2.24) is 0 Å². The van der Waals surface area contributed by atoms with Gasteiger partial charge < -0.3 is 24.7 Å². The lowest BCUT2D eigenvalue weighted by Gasteiger charge is -2.18. The molecular formula is C18H21NO6. The third-order valence-corrected chi connectivity index (χ3v) is 3.04. The van der Waals surface area contributed by atoms with Gasteiger partial charge in [-0.1, -0.05) is 30.3 Å². The number of ether oxygens (including phenoxy) is 4. The van der Waals surface area contributed by atoms with Gasteiger partial charge >= 0.3 is 12.3 Å². The van der Waals surface area contributed by atoms with Crippen LogP contribution in [0.25, 0.3) is 11.1 Å². The molecule has 0 aromatic carbocycles. The summed E-state index contributed by atoms with van der Waals surface area (Å²) in [7, 11) is 0. The smallest absolute Gasteiger partial charge is 0.434 e. The van der Waals surface area contributed by atoms with Crippen molar-refractivity contribution in [2.45, 2.75) is 33.3 Å². The second kappa shape index (κ2) is 7.29. The highest BCUT2D eigenvalue weighted by molar-refractivity contribution is 5.95. The standard InChI is InChI=1S/C18H21NO6/c1-5-22-16(20)23-14-11-9-7-6-8-10-12(11)15(13(14)19)24-17(21)25-18(2,3)4/h6-10H,5,19H2,1-4H3. The number of rotatable bonds is 3. The Morgan fingerprint density at radius 3 is 1.96 bits per heavy atom. The molecule has 0 saturated heterocycles. The normalized spacial score (nSPS) is 11.0. The number of anilines is 1. The van der Waals surface area contributed by atoms with E-state index in [1.807, 2.05) is 0 Å². The first-order valence-corrected chi connectivity index (χ1v) is 7.78. The SMILES string of the molecule is CCOC(=O)Oc1c2cccccc-2c(OC(=O)OC(C)(C)C)c1N. The number of hydrogen-bond acceptors (Lipinski definition) is 7. The van der Waals surface area contributed by atoms with Crippen LogP contribution in [-0.2, 0) is 9.47 Å². The van der Waals surface area contributed by atoms with Gasteiger partial charge in [0.2, 0.25) is 0 Å². The molecule has 0 aromatic heterocycles. The van der Waals surface area contributed by atoms with E-state index in [9.17, 15) is 9.59 Å². The molecule has 0 radical (unpaired) electrons. The molecular weight excluding hydrogens is 326 g/mol. The minimum Gasteiger partial charge on any atom is -0.434 e. The number of nitrogen functional groups attached to an aromatic ring is 1. The fourth-order valence-electron chi connectivity index (χ4n) is 2.14. The van der Waals surface area contributed by atoms with Crippen LogP contribution >= 0.6 is 0 Å². The summed E-state index contributed by atoms with van der Waals surface area (Å²) in [5.41, 5.74) is 6.36. The molecule has 0 spiro atoms. The topological polar surface area (TPSA) is 97.1 Å². The Morgan fingerprint density at radius 2 is 1.48 bits per heavy atom. The number of carbonyl (C=O) groups excluding carboxylic acids is 2. The molecule has 7 nitrogen and oxygen atoms in total. The predicted molar refractivity (Wildman–Crippen MR) is 92.0 cm³/mol. The molecule has 2 aliphatic carbocycles. The Morgan fingerprint density at radius 1 is 0.960 bits per heavy atom. The van der Waals surface area contributed by atoms with Crippen LogP contribution in [0.3, 0.4) is 0 Å². The lowest BCUT2D eigenvalue weighted by molar-refractivity contribution is 0.0209. The van der Waals surface area contributed by atoms with Crippen LogP contribution in [0.1, 0.15) is 27.7 Å². The second-order valence-electron chi connectivity index (χ2n) is 6.16. The van der Waals surface area contributed by atoms with Crippen molar-refractivity contribution in [3.05, 3.63) is 30.3 Å². The zero-order valence-corrected chi connectivity index (χ0v) is 14.6. The molecule has 2 N–H and O–H groups in total. The molecule has 0 unspecified atom stereocenters. The van der Waals surface area contributed by atoms with Crippen LogP contribution in [0.2, 0.25) is 0 Å². The van der Waals surface area contributed by atoms with Crippen LogP contribution in [0.15, 0.2) is 30.3 Å². The molecule has 7 heteroatoms. The molecule has 0 atom stereocenters. The van der Waals surface area contributed by atoms with Gasteiger partial charge in [-0.25, -0.2) is 9.59 Å². The summed E-state index contributed by atoms with van der Waals surface area (Å²) in [5, 5.41) is 0. The van der Waals surface area contributed by atoms with E-state index < -0.39 is 17.9 Å². The van der Waals surface area contributed by atoms with Gasteiger partial charge in [0, 0.05) is 11.1 Å². The van der Waals surface area contributed by atoms with Gasteiger partial charge in [-0.15, -0.1) is 0 Å². The van der Waals surface area contributed by atoms with Gasteiger partial charge in [0.15, 0.2) is 11.5 Å². The third-order valence-electron chi connectivity index (χ3n) is 3.04. The zero-order valence-electron chi connectivity index (χ0n) is 14.6. The minimum absolute atomic E-state index is 0.0140. The van der Waals surface area contributed by atoms with Crippen molar-refractivity contribution in [2.24, 2.45) is 0 Å². The first kappa shape index (κ1) is 18.4. The fraction of sp³-hybridized carbons (Fsp3) is 0.333. The predicted octanol–water partition coefficient (Wildman–Crippen LogP) is 4.22. The van der Waals surface area contributed by atoms with Gasteiger partial charge in [0.05, 0.1) is 6.61 Å². The Hall–Kier alpha value is -2.96. The van der Waals surface area contributed by atoms with Crippen molar-refractivity contribution < 1.29 is 28.5 Å². The van der Waals surface area contributed by atoms with E-state index in [-0.39, 0.29) is 23.8 Å². The van der Waals surface area contributed by atoms with Crippen molar-refractivity contribution in [3.63, 3.8) is 0 Å². The van der Waals surface area contributed by atoms with Crippen molar-refractivity contribution in [1.29, 1.82) is 0 Å². The van der Waals surface area contributed by atoms with Gasteiger partial charge in [0.1, 0.15) is 11.3 Å². The maximum Gasteiger partial charge on any atom is 0.514 e. The summed E-state index contributed by atoms with van der Waals surface area (Å²) in [4.78, 5) is 23.7. The summed E-state index contributed by atoms with van der Waals surface area (Å²) in [6.45, 7) is 6.97. The van der Waals surface area contributed by atoms with Crippen LogP contribution < -0.4 is 15.2 Å². The van der Waals surface area contributed by atoms with Crippen LogP contribution in [0.5, 0.6) is 11.5 Å². The molecule has 0 aromatic rings. The third kappa shape index (κ3) is 4.53. The molecule has 0 amide bonds. The summed E-state index contributed by atoms with van der Waals surface area (Å²) < 4.78 is 20.4. The highest BCUT2D eigenvalue weighted by atomic mass is 16.7. The summed E-state index contributed by atoms with van der Waals surface area (Å²) >= 11 is 0.